The lowest BCUT2D eigenvalue weighted by atomic mass is 10.4. The summed E-state index contributed by atoms with van der Waals surface area (Å²) in [6, 6.07) is 0. The Hall–Kier alpha value is 0.660. The fourth-order valence-corrected chi connectivity index (χ4v) is 0.875. The molecule has 0 aliphatic rings. The van der Waals surface area contributed by atoms with Crippen LogP contribution < -0.4 is 0 Å². The van der Waals surface area contributed by atoms with E-state index in [0.717, 1.165) is 6.42 Å². The zero-order chi connectivity index (χ0) is 5.86. The van der Waals surface area contributed by atoms with E-state index in [1.54, 1.807) is 0 Å². The molecule has 0 saturated heterocycles. The highest BCUT2D eigenvalue weighted by atomic mass is 33.1. The molecule has 0 heterocycles. The Morgan fingerprint density at radius 1 is 1.86 bits per heavy atom. The summed E-state index contributed by atoms with van der Waals surface area (Å²) in [5.74, 6) is 0. The first-order valence-electron chi connectivity index (χ1n) is 2.28. The highest BCUT2D eigenvalue weighted by molar-refractivity contribution is 8.63. The van der Waals surface area contributed by atoms with Crippen LogP contribution in [-0.4, -0.2) is 9.80 Å². The Kier molecular flexibility index (Phi) is 3.98. The van der Waals surface area contributed by atoms with E-state index in [0.29, 0.717) is 0 Å². The monoisotopic (exact) mass is 138 g/mol. The Bertz CT molecular complexity index is 47.0. The molecule has 1 unspecified atom stereocenters. The van der Waals surface area contributed by atoms with Crippen molar-refractivity contribution in [2.75, 3.05) is 0 Å². The third-order valence-corrected chi connectivity index (χ3v) is 3.02. The predicted octanol–water partition coefficient (Wildman–Crippen LogP) is 1.38. The maximum atomic E-state index is 10.4. The molecule has 0 saturated carbocycles. The van der Waals surface area contributed by atoms with Crippen molar-refractivity contribution in [3.8, 4) is 0 Å². The first-order chi connectivity index (χ1) is 3.18. The summed E-state index contributed by atoms with van der Waals surface area (Å²) in [6.07, 6.45) is 0.941. The van der Waals surface area contributed by atoms with Gasteiger partial charge in [0.15, 0.2) is 0 Å². The zero-order valence-electron chi connectivity index (χ0n) is 4.55. The Labute approximate surface area is 52.5 Å². The van der Waals surface area contributed by atoms with Crippen LogP contribution in [0, 0.1) is 0 Å². The van der Waals surface area contributed by atoms with E-state index in [4.69, 9.17) is 0 Å². The summed E-state index contributed by atoms with van der Waals surface area (Å²) in [4.78, 5) is 0. The highest BCUT2D eigenvalue weighted by Crippen LogP contribution is 2.07. The van der Waals surface area contributed by atoms with Crippen LogP contribution in [0.2, 0.25) is 0 Å². The van der Waals surface area contributed by atoms with E-state index < -0.39 is 10.2 Å². The topological polar surface area (TPSA) is 23.1 Å². The van der Waals surface area contributed by atoms with Crippen LogP contribution in [0.1, 0.15) is 20.3 Å². The van der Waals surface area contributed by atoms with Crippen molar-refractivity contribution in [1.82, 2.24) is 0 Å². The third kappa shape index (κ3) is 3.26. The van der Waals surface area contributed by atoms with Crippen molar-refractivity contribution in [1.29, 1.82) is 0 Å². The standard InChI is InChI=1S/C4H10OS2/c1-3-4(2)7(5)6/h4H,3H2,1-2H3,(H,5,6)/t4-,7?/m0/s1. The molecular weight excluding hydrogens is 128 g/mol. The minimum Gasteiger partial charge on any atom is -0.605 e. The Morgan fingerprint density at radius 3 is 2.29 bits per heavy atom. The minimum atomic E-state index is -0.916. The Balaban J connectivity index is 3.14. The molecule has 0 rings (SSSR count). The quantitative estimate of drug-likeness (QED) is 0.348. The third-order valence-electron chi connectivity index (χ3n) is 0.919. The van der Waals surface area contributed by atoms with Crippen LogP contribution in [0.4, 0.5) is 0 Å². The maximum absolute atomic E-state index is 10.4. The lowest BCUT2D eigenvalue weighted by Gasteiger charge is -2.07. The molecule has 0 fully saturated rings. The van der Waals surface area contributed by atoms with Gasteiger partial charge in [-0.05, 0) is 13.3 Å². The molecule has 0 aliphatic heterocycles. The van der Waals surface area contributed by atoms with Gasteiger partial charge in [0.05, 0.1) is 11.7 Å². The average molecular weight is 138 g/mol. The van der Waals surface area contributed by atoms with Crippen LogP contribution >= 0.6 is 11.7 Å². The molecule has 0 aliphatic carbocycles. The number of hydrogen-bond acceptors (Lipinski definition) is 2. The van der Waals surface area contributed by atoms with Gasteiger partial charge in [-0.25, -0.2) is 0 Å². The molecule has 0 aromatic rings. The van der Waals surface area contributed by atoms with Crippen molar-refractivity contribution in [3.63, 3.8) is 0 Å². The largest absolute Gasteiger partial charge is 0.605 e. The molecule has 0 amide bonds. The van der Waals surface area contributed by atoms with Gasteiger partial charge < -0.3 is 4.55 Å². The van der Waals surface area contributed by atoms with E-state index in [2.05, 4.69) is 11.7 Å². The molecular formula is C4H10OS2. The second-order valence-corrected chi connectivity index (χ2v) is 3.93. The molecule has 0 radical (unpaired) electrons. The van der Waals surface area contributed by atoms with Gasteiger partial charge in [0.25, 0.3) is 0 Å². The summed E-state index contributed by atoms with van der Waals surface area (Å²) in [6.45, 7) is 3.92. The number of thiol groups is 1. The van der Waals surface area contributed by atoms with Gasteiger partial charge in [0.1, 0.15) is 5.25 Å². The van der Waals surface area contributed by atoms with Gasteiger partial charge in [-0.15, -0.1) is 0 Å². The maximum Gasteiger partial charge on any atom is 0.124 e. The van der Waals surface area contributed by atoms with E-state index in [-0.39, 0.29) is 5.25 Å². The minimum absolute atomic E-state index is 0.239. The Morgan fingerprint density at radius 2 is 2.29 bits per heavy atom. The summed E-state index contributed by atoms with van der Waals surface area (Å²) < 4.78 is 10.4. The van der Waals surface area contributed by atoms with Gasteiger partial charge in [0.2, 0.25) is 0 Å². The lowest BCUT2D eigenvalue weighted by molar-refractivity contribution is 0.596. The molecule has 44 valence electrons. The summed E-state index contributed by atoms with van der Waals surface area (Å²) >= 11 is 3.75. The van der Waals surface area contributed by atoms with Crippen molar-refractivity contribution < 1.29 is 4.55 Å². The van der Waals surface area contributed by atoms with E-state index in [1.165, 1.54) is 0 Å². The average Bonchev–Trinajstić information content (AvgIpc) is 1.65. The molecule has 0 aromatic heterocycles. The smallest absolute Gasteiger partial charge is 0.124 e. The molecule has 0 bridgehead atoms. The second kappa shape index (κ2) is 3.64. The van der Waals surface area contributed by atoms with Crippen molar-refractivity contribution in [2.24, 2.45) is 0 Å². The molecule has 0 aromatic carbocycles. The van der Waals surface area contributed by atoms with Gasteiger partial charge in [0, 0.05) is 10.2 Å². The summed E-state index contributed by atoms with van der Waals surface area (Å²) in [5.41, 5.74) is 0. The van der Waals surface area contributed by atoms with Crippen LogP contribution in [0.25, 0.3) is 0 Å². The molecule has 0 spiro atoms. The first-order valence-corrected chi connectivity index (χ1v) is 4.54. The lowest BCUT2D eigenvalue weighted by Crippen LogP contribution is -2.09. The van der Waals surface area contributed by atoms with E-state index in [9.17, 15) is 4.55 Å². The SMILES string of the molecule is CC[C@H](C)[S+]([O-])S. The van der Waals surface area contributed by atoms with Crippen LogP contribution in [-0.2, 0) is 10.2 Å². The van der Waals surface area contributed by atoms with Crippen molar-refractivity contribution in [3.05, 3.63) is 0 Å². The van der Waals surface area contributed by atoms with E-state index >= 15 is 0 Å². The van der Waals surface area contributed by atoms with Crippen LogP contribution in [0.3, 0.4) is 0 Å². The van der Waals surface area contributed by atoms with Crippen LogP contribution in [0.15, 0.2) is 0 Å². The second-order valence-electron chi connectivity index (χ2n) is 1.50. The molecule has 3 heteroatoms. The zero-order valence-corrected chi connectivity index (χ0v) is 6.26. The number of hydrogen-bond donors (Lipinski definition) is 1. The van der Waals surface area contributed by atoms with Crippen LogP contribution in [0.5, 0.6) is 0 Å². The van der Waals surface area contributed by atoms with Crippen molar-refractivity contribution >= 4 is 21.9 Å². The molecule has 2 atom stereocenters. The molecule has 0 N–H and O–H groups in total. The van der Waals surface area contributed by atoms with Gasteiger partial charge in [-0.3, -0.25) is 0 Å². The summed E-state index contributed by atoms with van der Waals surface area (Å²) in [7, 11) is -0.916. The van der Waals surface area contributed by atoms with Gasteiger partial charge in [-0.1, -0.05) is 6.92 Å². The van der Waals surface area contributed by atoms with Gasteiger partial charge >= 0.3 is 0 Å². The summed E-state index contributed by atoms with van der Waals surface area (Å²) in [5, 5.41) is 0.239. The fourth-order valence-electron chi connectivity index (χ4n) is 0.143. The molecule has 7 heavy (non-hydrogen) atoms. The molecule has 1 nitrogen and oxygen atoms in total. The number of rotatable bonds is 2. The first kappa shape index (κ1) is 7.66. The van der Waals surface area contributed by atoms with Crippen molar-refractivity contribution in [2.45, 2.75) is 25.5 Å². The highest BCUT2D eigenvalue weighted by Gasteiger charge is 2.07. The normalized spacial score (nSPS) is 18.9. The predicted molar refractivity (Wildman–Crippen MR) is 36.9 cm³/mol. The fraction of sp³-hybridized carbons (Fsp3) is 1.00. The van der Waals surface area contributed by atoms with Gasteiger partial charge in [-0.2, -0.15) is 0 Å². The van der Waals surface area contributed by atoms with E-state index in [1.807, 2.05) is 13.8 Å².